The molecule has 0 amide bonds. The molecule has 1 aromatic rings. The van der Waals surface area contributed by atoms with E-state index in [-0.39, 0.29) is 12.1 Å². The first-order valence-corrected chi connectivity index (χ1v) is 4.32. The highest BCUT2D eigenvalue weighted by Gasteiger charge is 2.32. The van der Waals surface area contributed by atoms with Crippen LogP contribution in [0.4, 0.5) is 0 Å². The van der Waals surface area contributed by atoms with Gasteiger partial charge in [-0.1, -0.05) is 31.2 Å². The summed E-state index contributed by atoms with van der Waals surface area (Å²) in [6.07, 6.45) is 0. The molecule has 0 bridgehead atoms. The molecule has 2 heteroatoms. The van der Waals surface area contributed by atoms with Crippen LogP contribution in [0.25, 0.3) is 0 Å². The molecule has 12 heavy (non-hydrogen) atoms. The lowest BCUT2D eigenvalue weighted by molar-refractivity contribution is 0.529. The van der Waals surface area contributed by atoms with Gasteiger partial charge in [-0.2, -0.15) is 0 Å². The van der Waals surface area contributed by atoms with Crippen LogP contribution in [0.2, 0.25) is 0 Å². The van der Waals surface area contributed by atoms with Gasteiger partial charge in [0.1, 0.15) is 0 Å². The summed E-state index contributed by atoms with van der Waals surface area (Å²) in [5, 5.41) is 0. The van der Waals surface area contributed by atoms with Gasteiger partial charge in [0.05, 0.1) is 0 Å². The molecule has 3 unspecified atom stereocenters. The fourth-order valence-electron chi connectivity index (χ4n) is 1.95. The van der Waals surface area contributed by atoms with Crippen molar-refractivity contribution in [2.45, 2.75) is 24.9 Å². The van der Waals surface area contributed by atoms with Crippen LogP contribution in [0, 0.1) is 0 Å². The monoisotopic (exact) mass is 162 g/mol. The zero-order valence-electron chi connectivity index (χ0n) is 7.20. The third kappa shape index (κ3) is 0.886. The summed E-state index contributed by atoms with van der Waals surface area (Å²) in [5.41, 5.74) is 14.4. The Kier molecular flexibility index (Phi) is 1.67. The average molecular weight is 162 g/mol. The van der Waals surface area contributed by atoms with E-state index in [1.807, 2.05) is 12.1 Å². The van der Waals surface area contributed by atoms with Gasteiger partial charge in [-0.05, 0) is 17.0 Å². The molecule has 0 fully saturated rings. The molecule has 64 valence electrons. The van der Waals surface area contributed by atoms with Crippen molar-refractivity contribution in [3.8, 4) is 0 Å². The molecule has 4 N–H and O–H groups in total. The van der Waals surface area contributed by atoms with E-state index in [4.69, 9.17) is 11.5 Å². The molecule has 0 spiro atoms. The SMILES string of the molecule is CC1c2ccccc2C(N)C1N. The van der Waals surface area contributed by atoms with Crippen molar-refractivity contribution in [3.05, 3.63) is 35.4 Å². The first-order chi connectivity index (χ1) is 5.72. The maximum atomic E-state index is 5.96. The van der Waals surface area contributed by atoms with Gasteiger partial charge in [-0.3, -0.25) is 0 Å². The predicted molar refractivity (Wildman–Crippen MR) is 49.8 cm³/mol. The Labute approximate surface area is 72.6 Å². The number of rotatable bonds is 0. The van der Waals surface area contributed by atoms with E-state index >= 15 is 0 Å². The van der Waals surface area contributed by atoms with Crippen LogP contribution in [0.15, 0.2) is 24.3 Å². The number of hydrogen-bond donors (Lipinski definition) is 2. The molecule has 1 aromatic carbocycles. The quantitative estimate of drug-likeness (QED) is 0.601. The minimum Gasteiger partial charge on any atom is -0.326 e. The fraction of sp³-hybridized carbons (Fsp3) is 0.400. The highest BCUT2D eigenvalue weighted by molar-refractivity contribution is 5.40. The lowest BCUT2D eigenvalue weighted by Gasteiger charge is -2.13. The molecule has 0 aromatic heterocycles. The average Bonchev–Trinajstić information content (AvgIpc) is 2.33. The largest absolute Gasteiger partial charge is 0.326 e. The molecule has 0 saturated heterocycles. The highest BCUT2D eigenvalue weighted by atomic mass is 14.8. The zero-order chi connectivity index (χ0) is 8.72. The Balaban J connectivity index is 2.52. The Hall–Kier alpha value is -0.860. The standard InChI is InChI=1S/C10H14N2/c1-6-7-4-2-3-5-8(7)10(12)9(6)11/h2-6,9-10H,11-12H2,1H3. The maximum Gasteiger partial charge on any atom is 0.0457 e. The fourth-order valence-corrected chi connectivity index (χ4v) is 1.95. The topological polar surface area (TPSA) is 52.0 Å². The third-order valence-electron chi connectivity index (χ3n) is 2.84. The highest BCUT2D eigenvalue weighted by Crippen LogP contribution is 2.37. The van der Waals surface area contributed by atoms with E-state index in [9.17, 15) is 0 Å². The second-order valence-corrected chi connectivity index (χ2v) is 3.52. The van der Waals surface area contributed by atoms with Crippen LogP contribution < -0.4 is 11.5 Å². The van der Waals surface area contributed by atoms with Crippen LogP contribution >= 0.6 is 0 Å². The summed E-state index contributed by atoms with van der Waals surface area (Å²) < 4.78 is 0. The number of nitrogens with two attached hydrogens (primary N) is 2. The molecule has 3 atom stereocenters. The van der Waals surface area contributed by atoms with Crippen LogP contribution in [0.3, 0.4) is 0 Å². The van der Waals surface area contributed by atoms with Crippen LogP contribution in [-0.2, 0) is 0 Å². The Morgan fingerprint density at radius 2 is 1.67 bits per heavy atom. The number of benzene rings is 1. The van der Waals surface area contributed by atoms with E-state index in [0.717, 1.165) is 0 Å². The lowest BCUT2D eigenvalue weighted by atomic mass is 10.0. The number of fused-ring (bicyclic) bond motifs is 1. The molecule has 0 heterocycles. The Morgan fingerprint density at radius 1 is 1.08 bits per heavy atom. The van der Waals surface area contributed by atoms with Gasteiger partial charge >= 0.3 is 0 Å². The van der Waals surface area contributed by atoms with E-state index in [2.05, 4.69) is 19.1 Å². The van der Waals surface area contributed by atoms with Crippen molar-refractivity contribution in [3.63, 3.8) is 0 Å². The van der Waals surface area contributed by atoms with E-state index < -0.39 is 0 Å². The number of hydrogen-bond acceptors (Lipinski definition) is 2. The van der Waals surface area contributed by atoms with Crippen molar-refractivity contribution in [2.75, 3.05) is 0 Å². The normalized spacial score (nSPS) is 33.4. The van der Waals surface area contributed by atoms with Crippen LogP contribution in [0.5, 0.6) is 0 Å². The summed E-state index contributed by atoms with van der Waals surface area (Å²) in [7, 11) is 0. The second kappa shape index (κ2) is 2.57. The van der Waals surface area contributed by atoms with Crippen molar-refractivity contribution in [1.29, 1.82) is 0 Å². The molecule has 0 saturated carbocycles. The van der Waals surface area contributed by atoms with Gasteiger partial charge < -0.3 is 11.5 Å². The van der Waals surface area contributed by atoms with Gasteiger partial charge in [0.2, 0.25) is 0 Å². The molecule has 2 nitrogen and oxygen atoms in total. The molecule has 0 radical (unpaired) electrons. The molecular formula is C10H14N2. The van der Waals surface area contributed by atoms with E-state index in [1.165, 1.54) is 11.1 Å². The summed E-state index contributed by atoms with van der Waals surface area (Å²) in [5.74, 6) is 0.399. The summed E-state index contributed by atoms with van der Waals surface area (Å²) in [6.45, 7) is 2.14. The van der Waals surface area contributed by atoms with Crippen molar-refractivity contribution < 1.29 is 0 Å². The summed E-state index contributed by atoms with van der Waals surface area (Å²) in [6, 6.07) is 8.36. The lowest BCUT2D eigenvalue weighted by Crippen LogP contribution is -2.32. The molecular weight excluding hydrogens is 148 g/mol. The predicted octanol–water partition coefficient (Wildman–Crippen LogP) is 1.13. The zero-order valence-corrected chi connectivity index (χ0v) is 7.20. The molecule has 1 aliphatic carbocycles. The molecule has 1 aliphatic rings. The smallest absolute Gasteiger partial charge is 0.0457 e. The van der Waals surface area contributed by atoms with Crippen molar-refractivity contribution >= 4 is 0 Å². The minimum atomic E-state index is 0.0243. The molecule has 0 aliphatic heterocycles. The van der Waals surface area contributed by atoms with E-state index in [1.54, 1.807) is 0 Å². The first kappa shape index (κ1) is 7.77. The van der Waals surface area contributed by atoms with Crippen molar-refractivity contribution in [1.82, 2.24) is 0 Å². The van der Waals surface area contributed by atoms with Crippen LogP contribution in [0.1, 0.15) is 30.0 Å². The van der Waals surface area contributed by atoms with Gasteiger partial charge in [0.25, 0.3) is 0 Å². The van der Waals surface area contributed by atoms with Gasteiger partial charge in [0, 0.05) is 12.1 Å². The van der Waals surface area contributed by atoms with Gasteiger partial charge in [-0.15, -0.1) is 0 Å². The van der Waals surface area contributed by atoms with Crippen LogP contribution in [-0.4, -0.2) is 6.04 Å². The Morgan fingerprint density at radius 3 is 2.25 bits per heavy atom. The first-order valence-electron chi connectivity index (χ1n) is 4.32. The Bertz CT molecular complexity index is 267. The summed E-state index contributed by atoms with van der Waals surface area (Å²) in [4.78, 5) is 0. The second-order valence-electron chi connectivity index (χ2n) is 3.52. The van der Waals surface area contributed by atoms with Gasteiger partial charge in [0.15, 0.2) is 0 Å². The summed E-state index contributed by atoms with van der Waals surface area (Å²) >= 11 is 0. The van der Waals surface area contributed by atoms with Crippen molar-refractivity contribution in [2.24, 2.45) is 11.5 Å². The maximum absolute atomic E-state index is 5.96. The minimum absolute atomic E-state index is 0.0243. The van der Waals surface area contributed by atoms with E-state index in [0.29, 0.717) is 5.92 Å². The molecule has 2 rings (SSSR count). The van der Waals surface area contributed by atoms with Gasteiger partial charge in [-0.25, -0.2) is 0 Å². The third-order valence-corrected chi connectivity index (χ3v) is 2.84.